The molecule has 2 heterocycles. The zero-order valence-electron chi connectivity index (χ0n) is 38.1. The van der Waals surface area contributed by atoms with Crippen molar-refractivity contribution in [1.82, 2.24) is 4.57 Å². The highest BCUT2D eigenvalue weighted by Gasteiger charge is 2.53. The van der Waals surface area contributed by atoms with Crippen LogP contribution >= 0.6 is 0 Å². The third kappa shape index (κ3) is 5.46. The van der Waals surface area contributed by atoms with Crippen molar-refractivity contribution in [1.29, 1.82) is 0 Å². The molecule has 3 nitrogen and oxygen atoms in total. The van der Waals surface area contributed by atoms with E-state index in [2.05, 4.69) is 264 Å². The number of rotatable bonds is 6. The average Bonchev–Trinajstić information content (AvgIpc) is 4.15. The summed E-state index contributed by atoms with van der Waals surface area (Å²) in [5.74, 6) is 0. The molecule has 3 heteroatoms. The molecule has 2 aliphatic rings. The van der Waals surface area contributed by atoms with E-state index in [1.165, 1.54) is 83.0 Å². The van der Waals surface area contributed by atoms with Crippen LogP contribution in [0.3, 0.4) is 0 Å². The van der Waals surface area contributed by atoms with Crippen LogP contribution in [0.1, 0.15) is 22.3 Å². The van der Waals surface area contributed by atoms with E-state index in [1.807, 2.05) is 0 Å². The lowest BCUT2D eigenvalue weighted by atomic mass is 9.70. The smallest absolute Gasteiger partial charge is 0.135 e. The third-order valence-electron chi connectivity index (χ3n) is 15.2. The van der Waals surface area contributed by atoms with Gasteiger partial charge in [-0.05, 0) is 128 Å². The lowest BCUT2D eigenvalue weighted by molar-refractivity contribution is 0.669. The number of anilines is 3. The zero-order chi connectivity index (χ0) is 45.9. The maximum Gasteiger partial charge on any atom is 0.135 e. The standard InChI is InChI=1S/C67H42N2O/c1-3-16-43(17-4-1)45-30-32-47(33-31-45)68(48-21-15-20-46(40-48)44-18-5-2-6-19-44)49-34-38-63-57(41-49)58-42-50(35-39-64(58)70-63)69-62-29-14-10-25-54(62)56-37-36-55-53-24-9-13-28-61(53)67(65(55)66(56)69)59-26-11-7-22-51(59)52-23-8-12-27-60(52)67/h1-42H. The normalized spacial score (nSPS) is 13.0. The topological polar surface area (TPSA) is 21.3 Å². The monoisotopic (exact) mass is 890 g/mol. The minimum Gasteiger partial charge on any atom is -0.456 e. The molecule has 1 spiro atoms. The van der Waals surface area contributed by atoms with E-state index < -0.39 is 5.41 Å². The van der Waals surface area contributed by atoms with Gasteiger partial charge in [0.15, 0.2) is 0 Å². The molecule has 2 aliphatic carbocycles. The number of para-hydroxylation sites is 1. The summed E-state index contributed by atoms with van der Waals surface area (Å²) in [7, 11) is 0. The fourth-order valence-electron chi connectivity index (χ4n) is 12.3. The largest absolute Gasteiger partial charge is 0.456 e. The number of hydrogen-bond acceptors (Lipinski definition) is 2. The molecule has 70 heavy (non-hydrogen) atoms. The van der Waals surface area contributed by atoms with Crippen LogP contribution in [-0.4, -0.2) is 4.57 Å². The first-order valence-electron chi connectivity index (χ1n) is 24.2. The van der Waals surface area contributed by atoms with Crippen LogP contribution in [0.5, 0.6) is 0 Å². The van der Waals surface area contributed by atoms with E-state index in [1.54, 1.807) is 0 Å². The molecule has 0 aliphatic heterocycles. The van der Waals surface area contributed by atoms with E-state index in [-0.39, 0.29) is 0 Å². The molecule has 326 valence electrons. The molecule has 11 aromatic carbocycles. The fourth-order valence-corrected chi connectivity index (χ4v) is 12.3. The Hall–Kier alpha value is -9.18. The summed E-state index contributed by atoms with van der Waals surface area (Å²) in [6.45, 7) is 0. The number of furan rings is 1. The van der Waals surface area contributed by atoms with E-state index >= 15 is 0 Å². The van der Waals surface area contributed by atoms with Gasteiger partial charge in [-0.1, -0.05) is 188 Å². The first kappa shape index (κ1) is 38.9. The van der Waals surface area contributed by atoms with Gasteiger partial charge in [-0.25, -0.2) is 0 Å². The molecule has 15 rings (SSSR count). The van der Waals surface area contributed by atoms with Crippen molar-refractivity contribution in [3.05, 3.63) is 277 Å². The second kappa shape index (κ2) is 14.9. The summed E-state index contributed by atoms with van der Waals surface area (Å²) in [4.78, 5) is 2.37. The zero-order valence-corrected chi connectivity index (χ0v) is 38.1. The van der Waals surface area contributed by atoms with Gasteiger partial charge in [-0.3, -0.25) is 0 Å². The highest BCUT2D eigenvalue weighted by Crippen LogP contribution is 2.64. The molecule has 13 aromatic rings. The van der Waals surface area contributed by atoms with Gasteiger partial charge in [0.1, 0.15) is 11.2 Å². The van der Waals surface area contributed by atoms with Crippen LogP contribution in [0.4, 0.5) is 17.1 Å². The number of benzene rings is 11. The van der Waals surface area contributed by atoms with Crippen molar-refractivity contribution in [2.24, 2.45) is 0 Å². The van der Waals surface area contributed by atoms with Crippen LogP contribution < -0.4 is 4.90 Å². The Morgan fingerprint density at radius 1 is 0.329 bits per heavy atom. The predicted octanol–water partition coefficient (Wildman–Crippen LogP) is 17.8. The highest BCUT2D eigenvalue weighted by atomic mass is 16.3. The molecule has 0 atom stereocenters. The summed E-state index contributed by atoms with van der Waals surface area (Å²) in [6.07, 6.45) is 0. The fraction of sp³-hybridized carbons (Fsp3) is 0.0149. The van der Waals surface area contributed by atoms with E-state index in [4.69, 9.17) is 4.42 Å². The Labute approximate surface area is 405 Å². The van der Waals surface area contributed by atoms with Gasteiger partial charge >= 0.3 is 0 Å². The maximum absolute atomic E-state index is 6.73. The minimum absolute atomic E-state index is 0.507. The van der Waals surface area contributed by atoms with Crippen molar-refractivity contribution in [2.45, 2.75) is 5.41 Å². The lowest BCUT2D eigenvalue weighted by Crippen LogP contribution is -2.26. The van der Waals surface area contributed by atoms with Crippen molar-refractivity contribution >= 4 is 60.8 Å². The second-order valence-electron chi connectivity index (χ2n) is 18.8. The van der Waals surface area contributed by atoms with Gasteiger partial charge in [0.2, 0.25) is 0 Å². The third-order valence-corrected chi connectivity index (χ3v) is 15.2. The van der Waals surface area contributed by atoms with Crippen LogP contribution in [0.25, 0.3) is 93.9 Å². The lowest BCUT2D eigenvalue weighted by Gasteiger charge is -2.31. The summed E-state index contributed by atoms with van der Waals surface area (Å²) >= 11 is 0. The molecular formula is C67H42N2O. The number of fused-ring (bicyclic) bond motifs is 17. The molecule has 0 amide bonds. The van der Waals surface area contributed by atoms with Crippen molar-refractivity contribution in [2.75, 3.05) is 4.90 Å². The molecule has 2 aromatic heterocycles. The Morgan fingerprint density at radius 3 is 1.56 bits per heavy atom. The number of nitrogens with zero attached hydrogens (tertiary/aromatic N) is 2. The molecule has 0 N–H and O–H groups in total. The maximum atomic E-state index is 6.73. The van der Waals surface area contributed by atoms with Gasteiger partial charge in [0.25, 0.3) is 0 Å². The summed E-state index contributed by atoms with van der Waals surface area (Å²) in [5, 5.41) is 4.61. The van der Waals surface area contributed by atoms with Gasteiger partial charge in [-0.2, -0.15) is 0 Å². The number of hydrogen-bond donors (Lipinski definition) is 0. The Kier molecular flexibility index (Phi) is 8.28. The van der Waals surface area contributed by atoms with Crippen molar-refractivity contribution < 1.29 is 4.42 Å². The van der Waals surface area contributed by atoms with Crippen LogP contribution in [0.2, 0.25) is 0 Å². The molecule has 0 unspecified atom stereocenters. The van der Waals surface area contributed by atoms with Gasteiger partial charge < -0.3 is 13.9 Å². The van der Waals surface area contributed by atoms with E-state index in [0.29, 0.717) is 0 Å². The molecule has 0 bridgehead atoms. The molecule has 0 saturated carbocycles. The second-order valence-corrected chi connectivity index (χ2v) is 18.8. The van der Waals surface area contributed by atoms with Crippen molar-refractivity contribution in [3.8, 4) is 50.2 Å². The quantitative estimate of drug-likeness (QED) is 0.166. The predicted molar refractivity (Wildman–Crippen MR) is 290 cm³/mol. The van der Waals surface area contributed by atoms with Crippen molar-refractivity contribution in [3.63, 3.8) is 0 Å². The molecule has 0 radical (unpaired) electrons. The van der Waals surface area contributed by atoms with E-state index in [9.17, 15) is 0 Å². The summed E-state index contributed by atoms with van der Waals surface area (Å²) < 4.78 is 9.27. The summed E-state index contributed by atoms with van der Waals surface area (Å²) in [5.41, 5.74) is 23.1. The molecule has 0 saturated heterocycles. The Bertz CT molecular complexity index is 4170. The van der Waals surface area contributed by atoms with Gasteiger partial charge in [0.05, 0.1) is 16.4 Å². The first-order valence-corrected chi connectivity index (χ1v) is 24.2. The molecule has 0 fully saturated rings. The van der Waals surface area contributed by atoms with Crippen LogP contribution in [-0.2, 0) is 5.41 Å². The average molecular weight is 891 g/mol. The summed E-state index contributed by atoms with van der Waals surface area (Å²) in [6, 6.07) is 93.4. The SMILES string of the molecule is c1ccc(-c2ccc(N(c3cccc(-c4ccccc4)c3)c3ccc4oc5ccc(-n6c7ccccc7c7ccc8c(c76)C6(c7ccccc7-c7ccccc76)c6ccccc6-8)cc5c4c3)cc2)cc1. The van der Waals surface area contributed by atoms with E-state index in [0.717, 1.165) is 50.3 Å². The van der Waals surface area contributed by atoms with Crippen LogP contribution in [0.15, 0.2) is 259 Å². The number of aromatic nitrogens is 1. The minimum atomic E-state index is -0.507. The molecular weight excluding hydrogens is 849 g/mol. The van der Waals surface area contributed by atoms with Gasteiger partial charge in [-0.15, -0.1) is 0 Å². The first-order chi connectivity index (χ1) is 34.7. The Balaban J connectivity index is 0.959. The highest BCUT2D eigenvalue weighted by molar-refractivity contribution is 6.15. The van der Waals surface area contributed by atoms with Gasteiger partial charge in [0, 0.05) is 49.9 Å². The van der Waals surface area contributed by atoms with Crippen LogP contribution in [0, 0.1) is 0 Å². The Morgan fingerprint density at radius 2 is 0.857 bits per heavy atom.